The lowest BCUT2D eigenvalue weighted by atomic mass is 10.00. The summed E-state index contributed by atoms with van der Waals surface area (Å²) in [6.07, 6.45) is 2.01. The minimum atomic E-state index is -1.28. The van der Waals surface area contributed by atoms with Crippen LogP contribution in [0.1, 0.15) is 42.4 Å². The molecule has 3 rings (SSSR count). The molecule has 2 aromatic rings. The maximum atomic E-state index is 14.3. The summed E-state index contributed by atoms with van der Waals surface area (Å²) in [5, 5.41) is 18.9. The van der Waals surface area contributed by atoms with E-state index in [1.807, 2.05) is 13.8 Å². The molecule has 8 heteroatoms. The van der Waals surface area contributed by atoms with E-state index in [1.165, 1.54) is 24.1 Å². The number of hydrogen-bond donors (Lipinski definition) is 1. The van der Waals surface area contributed by atoms with E-state index in [-0.39, 0.29) is 23.9 Å². The molecule has 0 unspecified atom stereocenters. The fourth-order valence-corrected chi connectivity index (χ4v) is 2.92. The highest BCUT2D eigenvalue weighted by atomic mass is 19.1. The van der Waals surface area contributed by atoms with Crippen molar-refractivity contribution in [1.29, 1.82) is 0 Å². The summed E-state index contributed by atoms with van der Waals surface area (Å²) in [6, 6.07) is 4.55. The lowest BCUT2D eigenvalue weighted by molar-refractivity contribution is 0.0380. The number of β-amino-alcohol motifs (C(OH)–C–C–N with tert-alkyl or cyclic N) is 1. The Balaban J connectivity index is 1.81. The number of carbonyl (C=O) groups excluding carboxylic acids is 1. The second-order valence-corrected chi connectivity index (χ2v) is 6.51. The third-order valence-electron chi connectivity index (χ3n) is 4.46. The SMILES string of the molecule is COc1cccc(C(=O)N2CC[C@](O)(c3cn(C(C)C)nn3)C2)c1F. The summed E-state index contributed by atoms with van der Waals surface area (Å²) in [6.45, 7) is 4.26. The first kappa shape index (κ1) is 17.3. The number of carbonyl (C=O) groups is 1. The van der Waals surface area contributed by atoms with E-state index in [4.69, 9.17) is 4.74 Å². The summed E-state index contributed by atoms with van der Waals surface area (Å²) < 4.78 is 20.9. The first-order valence-electron chi connectivity index (χ1n) is 8.12. The topological polar surface area (TPSA) is 80.5 Å². The monoisotopic (exact) mass is 348 g/mol. The number of rotatable bonds is 4. The highest BCUT2D eigenvalue weighted by Gasteiger charge is 2.42. The molecule has 7 nitrogen and oxygen atoms in total. The van der Waals surface area contributed by atoms with E-state index >= 15 is 0 Å². The number of benzene rings is 1. The quantitative estimate of drug-likeness (QED) is 0.910. The summed E-state index contributed by atoms with van der Waals surface area (Å²) in [4.78, 5) is 14.1. The van der Waals surface area contributed by atoms with Crippen LogP contribution in [0.25, 0.3) is 0 Å². The lowest BCUT2D eigenvalue weighted by Gasteiger charge is -2.21. The number of aliphatic hydroxyl groups is 1. The minimum Gasteiger partial charge on any atom is -0.494 e. The molecule has 1 atom stereocenters. The van der Waals surface area contributed by atoms with Gasteiger partial charge in [-0.1, -0.05) is 11.3 Å². The van der Waals surface area contributed by atoms with Crippen molar-refractivity contribution in [2.45, 2.75) is 31.9 Å². The molecule has 0 radical (unpaired) electrons. The molecular weight excluding hydrogens is 327 g/mol. The predicted octanol–water partition coefficient (Wildman–Crippen LogP) is 1.74. The second kappa shape index (κ2) is 6.44. The Bertz CT molecular complexity index is 792. The standard InChI is InChI=1S/C17H21FN4O3/c1-11(2)22-9-14(19-20-22)17(24)7-8-21(10-17)16(23)12-5-4-6-13(25-3)15(12)18/h4-6,9,11,24H,7-8,10H2,1-3H3/t17-/m1/s1. The van der Waals surface area contributed by atoms with Gasteiger partial charge in [-0.05, 0) is 26.0 Å². The van der Waals surface area contributed by atoms with Crippen LogP contribution in [0.5, 0.6) is 5.75 Å². The Kier molecular flexibility index (Phi) is 4.47. The largest absolute Gasteiger partial charge is 0.494 e. The van der Waals surface area contributed by atoms with Crippen LogP contribution in [0.15, 0.2) is 24.4 Å². The van der Waals surface area contributed by atoms with Gasteiger partial charge in [0.25, 0.3) is 5.91 Å². The van der Waals surface area contributed by atoms with Crippen LogP contribution < -0.4 is 4.74 Å². The van der Waals surface area contributed by atoms with E-state index in [9.17, 15) is 14.3 Å². The van der Waals surface area contributed by atoms with Crippen molar-refractivity contribution in [2.24, 2.45) is 0 Å². The van der Waals surface area contributed by atoms with Crippen LogP contribution >= 0.6 is 0 Å². The van der Waals surface area contributed by atoms with Crippen molar-refractivity contribution in [3.63, 3.8) is 0 Å². The Labute approximate surface area is 145 Å². The van der Waals surface area contributed by atoms with Crippen LogP contribution in [-0.4, -0.2) is 51.1 Å². The number of halogens is 1. The molecule has 25 heavy (non-hydrogen) atoms. The molecule has 0 aliphatic carbocycles. The van der Waals surface area contributed by atoms with E-state index < -0.39 is 17.3 Å². The zero-order valence-corrected chi connectivity index (χ0v) is 14.4. The van der Waals surface area contributed by atoms with Crippen LogP contribution in [0, 0.1) is 5.82 Å². The Morgan fingerprint density at radius 3 is 2.84 bits per heavy atom. The third-order valence-corrected chi connectivity index (χ3v) is 4.46. The van der Waals surface area contributed by atoms with E-state index in [2.05, 4.69) is 10.3 Å². The zero-order valence-electron chi connectivity index (χ0n) is 14.4. The van der Waals surface area contributed by atoms with Crippen molar-refractivity contribution in [3.8, 4) is 5.75 Å². The third kappa shape index (κ3) is 3.09. The molecule has 1 fully saturated rings. The van der Waals surface area contributed by atoms with Gasteiger partial charge >= 0.3 is 0 Å². The van der Waals surface area contributed by atoms with Crippen molar-refractivity contribution in [2.75, 3.05) is 20.2 Å². The summed E-state index contributed by atoms with van der Waals surface area (Å²) >= 11 is 0. The number of methoxy groups -OCH3 is 1. The molecule has 1 N–H and O–H groups in total. The minimum absolute atomic E-state index is 0.0141. The number of likely N-dealkylation sites (tertiary alicyclic amines) is 1. The number of ether oxygens (including phenoxy) is 1. The van der Waals surface area contributed by atoms with E-state index in [0.717, 1.165) is 0 Å². The van der Waals surface area contributed by atoms with Gasteiger partial charge in [-0.15, -0.1) is 5.10 Å². The fraction of sp³-hybridized carbons (Fsp3) is 0.471. The summed E-state index contributed by atoms with van der Waals surface area (Å²) in [5.41, 5.74) is -0.935. The Morgan fingerprint density at radius 1 is 1.44 bits per heavy atom. The van der Waals surface area contributed by atoms with Gasteiger partial charge in [0.15, 0.2) is 11.6 Å². The van der Waals surface area contributed by atoms with Gasteiger partial charge in [0.2, 0.25) is 0 Å². The van der Waals surface area contributed by atoms with Crippen molar-refractivity contribution in [1.82, 2.24) is 19.9 Å². The molecule has 2 heterocycles. The first-order chi connectivity index (χ1) is 11.9. The summed E-state index contributed by atoms with van der Waals surface area (Å²) in [7, 11) is 1.35. The second-order valence-electron chi connectivity index (χ2n) is 6.51. The molecule has 1 aromatic carbocycles. The number of aromatic nitrogens is 3. The molecule has 1 amide bonds. The zero-order chi connectivity index (χ0) is 18.2. The average Bonchev–Trinajstić information content (AvgIpc) is 3.22. The van der Waals surface area contributed by atoms with Gasteiger partial charge in [-0.3, -0.25) is 4.79 Å². The van der Waals surface area contributed by atoms with Crippen LogP contribution in [-0.2, 0) is 5.60 Å². The first-order valence-corrected chi connectivity index (χ1v) is 8.12. The highest BCUT2D eigenvalue weighted by Crippen LogP contribution is 2.32. The van der Waals surface area contributed by atoms with Gasteiger partial charge in [-0.2, -0.15) is 0 Å². The molecule has 1 saturated heterocycles. The predicted molar refractivity (Wildman–Crippen MR) is 87.8 cm³/mol. The molecular formula is C17H21FN4O3. The van der Waals surface area contributed by atoms with Gasteiger partial charge in [0.05, 0.1) is 25.4 Å². The molecule has 1 aliphatic heterocycles. The molecule has 0 saturated carbocycles. The van der Waals surface area contributed by atoms with Crippen LogP contribution in [0.4, 0.5) is 4.39 Å². The smallest absolute Gasteiger partial charge is 0.257 e. The van der Waals surface area contributed by atoms with E-state index in [1.54, 1.807) is 16.9 Å². The molecule has 1 aromatic heterocycles. The Morgan fingerprint density at radius 2 is 2.20 bits per heavy atom. The molecule has 1 aliphatic rings. The maximum Gasteiger partial charge on any atom is 0.257 e. The maximum absolute atomic E-state index is 14.3. The highest BCUT2D eigenvalue weighted by molar-refractivity contribution is 5.95. The van der Waals surface area contributed by atoms with Crippen molar-refractivity contribution >= 4 is 5.91 Å². The Hall–Kier alpha value is -2.48. The van der Waals surface area contributed by atoms with E-state index in [0.29, 0.717) is 18.7 Å². The molecule has 0 spiro atoms. The van der Waals surface area contributed by atoms with Gasteiger partial charge in [0.1, 0.15) is 11.3 Å². The lowest BCUT2D eigenvalue weighted by Crippen LogP contribution is -2.35. The number of hydrogen-bond acceptors (Lipinski definition) is 5. The van der Waals surface area contributed by atoms with Crippen molar-refractivity contribution in [3.05, 3.63) is 41.5 Å². The van der Waals surface area contributed by atoms with Crippen LogP contribution in [0.3, 0.4) is 0 Å². The summed E-state index contributed by atoms with van der Waals surface area (Å²) in [5.74, 6) is -1.17. The van der Waals surface area contributed by atoms with Gasteiger partial charge in [0, 0.05) is 19.0 Å². The van der Waals surface area contributed by atoms with Gasteiger partial charge in [-0.25, -0.2) is 9.07 Å². The van der Waals surface area contributed by atoms with Gasteiger partial charge < -0.3 is 14.7 Å². The molecule has 134 valence electrons. The van der Waals surface area contributed by atoms with Crippen LogP contribution in [0.2, 0.25) is 0 Å². The fourth-order valence-electron chi connectivity index (χ4n) is 2.92. The average molecular weight is 348 g/mol. The normalized spacial score (nSPS) is 20.3. The van der Waals surface area contributed by atoms with Crippen molar-refractivity contribution < 1.29 is 19.0 Å². The molecule has 0 bridgehead atoms. The number of nitrogens with zero attached hydrogens (tertiary/aromatic N) is 4. The number of amides is 1.